The number of rotatable bonds is 5. The molecule has 1 aromatic rings. The highest BCUT2D eigenvalue weighted by Crippen LogP contribution is 2.38. The lowest BCUT2D eigenvalue weighted by Crippen LogP contribution is -2.14. The van der Waals surface area contributed by atoms with Gasteiger partial charge in [0.05, 0.1) is 24.2 Å². The van der Waals surface area contributed by atoms with Gasteiger partial charge in [-0.25, -0.2) is 0 Å². The van der Waals surface area contributed by atoms with Gasteiger partial charge >= 0.3 is 5.69 Å². The maximum atomic E-state index is 11.1. The standard InChI is InChI=1S/C13H16BrNO5/c1-8(16)11-4-10(14)5-12(15(17)18)13(11)20-7-9-2-3-19-6-9/h4-5,8-9,16H,2-3,6-7H2,1H3/t8-,9?/m1/s1. The summed E-state index contributed by atoms with van der Waals surface area (Å²) in [5, 5.41) is 20.9. The van der Waals surface area contributed by atoms with Crippen LogP contribution in [0.3, 0.4) is 0 Å². The van der Waals surface area contributed by atoms with E-state index in [1.807, 2.05) is 0 Å². The van der Waals surface area contributed by atoms with E-state index >= 15 is 0 Å². The molecule has 6 nitrogen and oxygen atoms in total. The van der Waals surface area contributed by atoms with Gasteiger partial charge in [0.1, 0.15) is 0 Å². The maximum Gasteiger partial charge on any atom is 0.312 e. The quantitative estimate of drug-likeness (QED) is 0.655. The van der Waals surface area contributed by atoms with E-state index < -0.39 is 11.0 Å². The van der Waals surface area contributed by atoms with Gasteiger partial charge in [0, 0.05) is 28.6 Å². The van der Waals surface area contributed by atoms with Crippen molar-refractivity contribution in [2.45, 2.75) is 19.4 Å². The van der Waals surface area contributed by atoms with Crippen LogP contribution < -0.4 is 4.74 Å². The molecule has 20 heavy (non-hydrogen) atoms. The van der Waals surface area contributed by atoms with Gasteiger partial charge in [-0.15, -0.1) is 0 Å². The molecule has 1 N–H and O–H groups in total. The van der Waals surface area contributed by atoms with Crippen LogP contribution in [-0.2, 0) is 4.74 Å². The van der Waals surface area contributed by atoms with Gasteiger partial charge in [-0.2, -0.15) is 0 Å². The van der Waals surface area contributed by atoms with Crippen molar-refractivity contribution in [3.05, 3.63) is 32.3 Å². The first-order valence-electron chi connectivity index (χ1n) is 6.35. The van der Waals surface area contributed by atoms with Crippen LogP contribution in [0.2, 0.25) is 0 Å². The van der Waals surface area contributed by atoms with Crippen LogP contribution in [0.5, 0.6) is 5.75 Å². The van der Waals surface area contributed by atoms with E-state index in [-0.39, 0.29) is 17.4 Å². The van der Waals surface area contributed by atoms with Crippen LogP contribution in [0.25, 0.3) is 0 Å². The fourth-order valence-electron chi connectivity index (χ4n) is 2.12. The number of nitro benzene ring substituents is 1. The van der Waals surface area contributed by atoms with Gasteiger partial charge in [0.25, 0.3) is 0 Å². The molecule has 0 saturated carbocycles. The summed E-state index contributed by atoms with van der Waals surface area (Å²) in [5.74, 6) is 0.375. The summed E-state index contributed by atoms with van der Waals surface area (Å²) < 4.78 is 11.4. The Hall–Kier alpha value is -1.18. The summed E-state index contributed by atoms with van der Waals surface area (Å²) >= 11 is 3.21. The average Bonchev–Trinajstić information content (AvgIpc) is 2.89. The number of nitro groups is 1. The monoisotopic (exact) mass is 345 g/mol. The third-order valence-electron chi connectivity index (χ3n) is 3.20. The molecule has 2 rings (SSSR count). The second-order valence-corrected chi connectivity index (χ2v) is 5.73. The summed E-state index contributed by atoms with van der Waals surface area (Å²) in [6.07, 6.45) is 0.0370. The first-order valence-corrected chi connectivity index (χ1v) is 7.14. The maximum absolute atomic E-state index is 11.1. The predicted molar refractivity (Wildman–Crippen MR) is 75.9 cm³/mol. The third-order valence-corrected chi connectivity index (χ3v) is 3.65. The smallest absolute Gasteiger partial charge is 0.312 e. The second-order valence-electron chi connectivity index (χ2n) is 4.82. The van der Waals surface area contributed by atoms with E-state index in [1.54, 1.807) is 13.0 Å². The zero-order chi connectivity index (χ0) is 14.7. The van der Waals surface area contributed by atoms with Crippen LogP contribution in [0.4, 0.5) is 5.69 Å². The highest BCUT2D eigenvalue weighted by Gasteiger charge is 2.25. The number of aliphatic hydroxyl groups excluding tert-OH is 1. The molecule has 1 aliphatic rings. The Kier molecular flexibility index (Phi) is 4.95. The molecule has 0 bridgehead atoms. The number of aliphatic hydroxyl groups is 1. The lowest BCUT2D eigenvalue weighted by molar-refractivity contribution is -0.386. The fraction of sp³-hybridized carbons (Fsp3) is 0.538. The molecule has 1 heterocycles. The molecule has 0 radical (unpaired) electrons. The van der Waals surface area contributed by atoms with E-state index in [9.17, 15) is 15.2 Å². The number of halogens is 1. The summed E-state index contributed by atoms with van der Waals surface area (Å²) in [4.78, 5) is 10.6. The Balaban J connectivity index is 2.29. The van der Waals surface area contributed by atoms with Crippen molar-refractivity contribution in [3.63, 3.8) is 0 Å². The Morgan fingerprint density at radius 1 is 1.65 bits per heavy atom. The Morgan fingerprint density at radius 3 is 2.95 bits per heavy atom. The highest BCUT2D eigenvalue weighted by atomic mass is 79.9. The van der Waals surface area contributed by atoms with Crippen LogP contribution in [0, 0.1) is 16.0 Å². The lowest BCUT2D eigenvalue weighted by atomic mass is 10.1. The molecule has 0 aromatic heterocycles. The van der Waals surface area contributed by atoms with E-state index in [4.69, 9.17) is 9.47 Å². The van der Waals surface area contributed by atoms with Gasteiger partial charge in [0.2, 0.25) is 5.75 Å². The molecule has 110 valence electrons. The van der Waals surface area contributed by atoms with Crippen LogP contribution in [0.15, 0.2) is 16.6 Å². The van der Waals surface area contributed by atoms with Crippen LogP contribution in [-0.4, -0.2) is 29.9 Å². The molecular formula is C13H16BrNO5. The summed E-state index contributed by atoms with van der Waals surface area (Å²) in [6, 6.07) is 3.02. The van der Waals surface area contributed by atoms with Gasteiger partial charge in [-0.3, -0.25) is 10.1 Å². The van der Waals surface area contributed by atoms with Crippen LogP contribution >= 0.6 is 15.9 Å². The van der Waals surface area contributed by atoms with E-state index in [1.165, 1.54) is 6.07 Å². The summed E-state index contributed by atoms with van der Waals surface area (Å²) in [5.41, 5.74) is 0.263. The second kappa shape index (κ2) is 6.51. The number of nitrogens with zero attached hydrogens (tertiary/aromatic N) is 1. The molecule has 1 aliphatic heterocycles. The Labute approximate surface area is 125 Å². The molecular weight excluding hydrogens is 330 g/mol. The lowest BCUT2D eigenvalue weighted by Gasteiger charge is -2.16. The van der Waals surface area contributed by atoms with Crippen molar-refractivity contribution in [2.24, 2.45) is 5.92 Å². The van der Waals surface area contributed by atoms with Crippen molar-refractivity contribution < 1.29 is 19.5 Å². The SMILES string of the molecule is C[C@@H](O)c1cc(Br)cc([N+](=O)[O-])c1OCC1CCOC1. The van der Waals surface area contributed by atoms with Gasteiger partial charge in [-0.05, 0) is 19.4 Å². The molecule has 0 amide bonds. The highest BCUT2D eigenvalue weighted by molar-refractivity contribution is 9.10. The Bertz CT molecular complexity index is 500. The molecule has 0 spiro atoms. The normalized spacial score (nSPS) is 19.9. The summed E-state index contributed by atoms with van der Waals surface area (Å²) in [7, 11) is 0. The van der Waals surface area contributed by atoms with Crippen molar-refractivity contribution >= 4 is 21.6 Å². The summed E-state index contributed by atoms with van der Waals surface area (Å²) in [6.45, 7) is 3.20. The molecule has 1 fully saturated rings. The molecule has 7 heteroatoms. The number of hydrogen-bond acceptors (Lipinski definition) is 5. The first-order chi connectivity index (χ1) is 9.49. The Morgan fingerprint density at radius 2 is 2.40 bits per heavy atom. The van der Waals surface area contributed by atoms with E-state index in [2.05, 4.69) is 15.9 Å². The topological polar surface area (TPSA) is 81.8 Å². The van der Waals surface area contributed by atoms with Gasteiger partial charge in [0.15, 0.2) is 0 Å². The minimum atomic E-state index is -0.846. The fourth-order valence-corrected chi connectivity index (χ4v) is 2.58. The number of ether oxygens (including phenoxy) is 2. The van der Waals surface area contributed by atoms with Gasteiger partial charge < -0.3 is 14.6 Å². The van der Waals surface area contributed by atoms with Crippen molar-refractivity contribution in [1.29, 1.82) is 0 Å². The minimum absolute atomic E-state index is 0.139. The van der Waals surface area contributed by atoms with Crippen LogP contribution in [0.1, 0.15) is 25.0 Å². The molecule has 2 atom stereocenters. The minimum Gasteiger partial charge on any atom is -0.486 e. The molecule has 0 aliphatic carbocycles. The largest absolute Gasteiger partial charge is 0.486 e. The molecule has 1 saturated heterocycles. The third kappa shape index (κ3) is 3.47. The number of benzene rings is 1. The predicted octanol–water partition coefficient (Wildman–Crippen LogP) is 2.83. The zero-order valence-corrected chi connectivity index (χ0v) is 12.6. The van der Waals surface area contributed by atoms with Gasteiger partial charge in [-0.1, -0.05) is 15.9 Å². The van der Waals surface area contributed by atoms with Crippen molar-refractivity contribution in [2.75, 3.05) is 19.8 Å². The zero-order valence-electron chi connectivity index (χ0n) is 11.0. The van der Waals surface area contributed by atoms with Crippen molar-refractivity contribution in [1.82, 2.24) is 0 Å². The molecule has 1 unspecified atom stereocenters. The number of hydrogen-bond donors (Lipinski definition) is 1. The van der Waals surface area contributed by atoms with E-state index in [0.717, 1.165) is 6.42 Å². The first kappa shape index (κ1) is 15.2. The van der Waals surface area contributed by atoms with E-state index in [0.29, 0.717) is 29.9 Å². The molecule has 1 aromatic carbocycles. The average molecular weight is 346 g/mol. The van der Waals surface area contributed by atoms with Crippen molar-refractivity contribution in [3.8, 4) is 5.75 Å².